The van der Waals surface area contributed by atoms with Crippen LogP contribution in [-0.2, 0) is 0 Å². The molecule has 1 aromatic carbocycles. The minimum absolute atomic E-state index is 0.414. The summed E-state index contributed by atoms with van der Waals surface area (Å²) in [5.41, 5.74) is 1.37. The maximum absolute atomic E-state index is 3.89. The molecule has 0 radical (unpaired) electrons. The average Bonchev–Trinajstić information content (AvgIpc) is 3.09. The summed E-state index contributed by atoms with van der Waals surface area (Å²) < 4.78 is 1.22. The van der Waals surface area contributed by atoms with Crippen molar-refractivity contribution in [2.75, 3.05) is 6.54 Å². The summed E-state index contributed by atoms with van der Waals surface area (Å²) in [5, 5.41) is 7.60. The van der Waals surface area contributed by atoms with Gasteiger partial charge >= 0.3 is 0 Å². The summed E-state index contributed by atoms with van der Waals surface area (Å²) in [6.45, 7) is 3.51. The molecule has 0 bridgehead atoms. The van der Waals surface area contributed by atoms with Gasteiger partial charge in [-0.3, -0.25) is 0 Å². The number of hydrogen-bond acceptors (Lipinski definition) is 2. The smallest absolute Gasteiger partial charge is 0.0305 e. The highest BCUT2D eigenvalue weighted by Gasteiger charge is 2.35. The predicted octanol–water partition coefficient (Wildman–Crippen LogP) is 4.02. The van der Waals surface area contributed by atoms with E-state index in [2.05, 4.69) is 57.8 Å². The van der Waals surface area contributed by atoms with E-state index in [0.29, 0.717) is 12.1 Å². The molecular weight excluding hydrogens is 312 g/mol. The molecule has 3 rings (SSSR count). The van der Waals surface area contributed by atoms with Gasteiger partial charge in [-0.15, -0.1) is 0 Å². The highest BCUT2D eigenvalue weighted by atomic mass is 79.9. The van der Waals surface area contributed by atoms with Crippen LogP contribution in [0.1, 0.15) is 50.6 Å². The molecule has 1 heterocycles. The number of rotatable bonds is 4. The Bertz CT molecular complexity index is 442. The summed E-state index contributed by atoms with van der Waals surface area (Å²) in [5.74, 6) is 0.822. The van der Waals surface area contributed by atoms with E-state index in [1.54, 1.807) is 0 Å². The molecule has 2 fully saturated rings. The third-order valence-electron chi connectivity index (χ3n) is 5.02. The van der Waals surface area contributed by atoms with Crippen molar-refractivity contribution < 1.29 is 0 Å². The van der Waals surface area contributed by atoms with Crippen LogP contribution in [0.3, 0.4) is 0 Å². The van der Waals surface area contributed by atoms with Gasteiger partial charge in [-0.2, -0.15) is 0 Å². The van der Waals surface area contributed by atoms with Crippen molar-refractivity contribution in [3.05, 3.63) is 34.3 Å². The van der Waals surface area contributed by atoms with Gasteiger partial charge in [-0.05, 0) is 56.7 Å². The Kier molecular flexibility index (Phi) is 4.79. The van der Waals surface area contributed by atoms with Crippen LogP contribution in [0.15, 0.2) is 28.7 Å². The molecule has 3 unspecified atom stereocenters. The second-order valence-electron chi connectivity index (χ2n) is 6.31. The van der Waals surface area contributed by atoms with Gasteiger partial charge < -0.3 is 10.6 Å². The van der Waals surface area contributed by atoms with Gasteiger partial charge in [0.2, 0.25) is 0 Å². The highest BCUT2D eigenvalue weighted by Crippen LogP contribution is 2.34. The Morgan fingerprint density at radius 2 is 2.05 bits per heavy atom. The molecule has 1 saturated carbocycles. The van der Waals surface area contributed by atoms with E-state index < -0.39 is 0 Å². The van der Waals surface area contributed by atoms with Crippen LogP contribution in [0.25, 0.3) is 0 Å². The van der Waals surface area contributed by atoms with Crippen LogP contribution in [-0.4, -0.2) is 18.6 Å². The van der Waals surface area contributed by atoms with Crippen LogP contribution < -0.4 is 10.6 Å². The number of halogens is 1. The van der Waals surface area contributed by atoms with E-state index in [-0.39, 0.29) is 0 Å². The molecule has 0 spiro atoms. The second-order valence-corrected chi connectivity index (χ2v) is 7.17. The normalized spacial score (nSPS) is 31.6. The Morgan fingerprint density at radius 3 is 2.80 bits per heavy atom. The SMILES string of the molecule is C[C@H](NC1CCCC1C1CCCN1)c1ccccc1Br. The van der Waals surface area contributed by atoms with Crippen molar-refractivity contribution in [3.8, 4) is 0 Å². The first-order valence-corrected chi connectivity index (χ1v) is 8.79. The molecule has 110 valence electrons. The van der Waals surface area contributed by atoms with Crippen molar-refractivity contribution in [2.24, 2.45) is 5.92 Å². The molecule has 0 aromatic heterocycles. The monoisotopic (exact) mass is 336 g/mol. The topological polar surface area (TPSA) is 24.1 Å². The first-order valence-electron chi connectivity index (χ1n) is 7.99. The Labute approximate surface area is 130 Å². The zero-order valence-electron chi connectivity index (χ0n) is 12.2. The molecule has 1 aliphatic carbocycles. The average molecular weight is 337 g/mol. The highest BCUT2D eigenvalue weighted by molar-refractivity contribution is 9.10. The van der Waals surface area contributed by atoms with E-state index in [1.807, 2.05) is 0 Å². The Morgan fingerprint density at radius 1 is 1.20 bits per heavy atom. The number of hydrogen-bond donors (Lipinski definition) is 2. The van der Waals surface area contributed by atoms with Crippen LogP contribution in [0.5, 0.6) is 0 Å². The van der Waals surface area contributed by atoms with Crippen molar-refractivity contribution in [2.45, 2.75) is 57.2 Å². The summed E-state index contributed by atoms with van der Waals surface area (Å²) in [6, 6.07) is 10.4. The molecule has 2 aliphatic rings. The molecule has 2 nitrogen and oxygen atoms in total. The quantitative estimate of drug-likeness (QED) is 0.867. The lowest BCUT2D eigenvalue weighted by molar-refractivity contribution is 0.303. The third-order valence-corrected chi connectivity index (χ3v) is 5.74. The standard InChI is InChI=1S/C17H25BrN2/c1-12(13-6-2-3-8-15(13)18)20-17-9-4-7-14(17)16-10-5-11-19-16/h2-3,6,8,12,14,16-17,19-20H,4-5,7,9-11H2,1H3/t12-,14?,16?,17?/m0/s1. The minimum atomic E-state index is 0.414. The van der Waals surface area contributed by atoms with Crippen molar-refractivity contribution in [3.63, 3.8) is 0 Å². The molecule has 3 heteroatoms. The first-order chi connectivity index (χ1) is 9.75. The fraction of sp³-hybridized carbons (Fsp3) is 0.647. The van der Waals surface area contributed by atoms with Crippen molar-refractivity contribution in [1.82, 2.24) is 10.6 Å². The molecule has 2 N–H and O–H groups in total. The molecule has 0 amide bonds. The summed E-state index contributed by atoms with van der Waals surface area (Å²) in [7, 11) is 0. The molecule has 1 aromatic rings. The van der Waals surface area contributed by atoms with Gasteiger partial charge in [0.15, 0.2) is 0 Å². The van der Waals surface area contributed by atoms with Gasteiger partial charge in [0, 0.05) is 22.6 Å². The van der Waals surface area contributed by atoms with E-state index in [1.165, 1.54) is 48.7 Å². The van der Waals surface area contributed by atoms with Crippen LogP contribution in [0, 0.1) is 5.92 Å². The fourth-order valence-corrected chi connectivity index (χ4v) is 4.62. The van der Waals surface area contributed by atoms with Crippen LogP contribution in [0.4, 0.5) is 0 Å². The van der Waals surface area contributed by atoms with Gasteiger partial charge in [0.1, 0.15) is 0 Å². The summed E-state index contributed by atoms with van der Waals surface area (Å²) >= 11 is 3.68. The maximum Gasteiger partial charge on any atom is 0.0305 e. The molecule has 1 saturated heterocycles. The van der Waals surface area contributed by atoms with Crippen molar-refractivity contribution in [1.29, 1.82) is 0 Å². The third kappa shape index (κ3) is 3.10. The van der Waals surface area contributed by atoms with Crippen molar-refractivity contribution >= 4 is 15.9 Å². The number of nitrogens with one attached hydrogen (secondary N) is 2. The molecule has 20 heavy (non-hydrogen) atoms. The van der Waals surface area contributed by atoms with E-state index in [9.17, 15) is 0 Å². The van der Waals surface area contributed by atoms with Gasteiger partial charge in [0.05, 0.1) is 0 Å². The second kappa shape index (κ2) is 6.59. The summed E-state index contributed by atoms with van der Waals surface area (Å²) in [6.07, 6.45) is 6.82. The Hall–Kier alpha value is -0.380. The van der Waals surface area contributed by atoms with E-state index in [0.717, 1.165) is 12.0 Å². The predicted molar refractivity (Wildman–Crippen MR) is 87.8 cm³/mol. The minimum Gasteiger partial charge on any atom is -0.314 e. The van der Waals surface area contributed by atoms with Gasteiger partial charge in [-0.1, -0.05) is 40.5 Å². The zero-order valence-corrected chi connectivity index (χ0v) is 13.8. The lowest BCUT2D eigenvalue weighted by atomic mass is 9.92. The van der Waals surface area contributed by atoms with E-state index in [4.69, 9.17) is 0 Å². The zero-order chi connectivity index (χ0) is 13.9. The maximum atomic E-state index is 3.89. The van der Waals surface area contributed by atoms with Crippen LogP contribution >= 0.6 is 15.9 Å². The van der Waals surface area contributed by atoms with Crippen LogP contribution in [0.2, 0.25) is 0 Å². The molecule has 1 aliphatic heterocycles. The summed E-state index contributed by atoms with van der Waals surface area (Å²) in [4.78, 5) is 0. The van der Waals surface area contributed by atoms with Gasteiger partial charge in [0.25, 0.3) is 0 Å². The van der Waals surface area contributed by atoms with Gasteiger partial charge in [-0.25, -0.2) is 0 Å². The molecule has 4 atom stereocenters. The fourth-order valence-electron chi connectivity index (χ4n) is 3.99. The Balaban J connectivity index is 1.65. The molecular formula is C17H25BrN2. The van der Waals surface area contributed by atoms with E-state index >= 15 is 0 Å². The number of benzene rings is 1. The largest absolute Gasteiger partial charge is 0.314 e. The lowest BCUT2D eigenvalue weighted by Gasteiger charge is -2.29. The first kappa shape index (κ1) is 14.6. The lowest BCUT2D eigenvalue weighted by Crippen LogP contribution is -2.43.